The Balaban J connectivity index is 1.87. The van der Waals surface area contributed by atoms with Gasteiger partial charge in [-0.25, -0.2) is 8.42 Å². The first-order valence-corrected chi connectivity index (χ1v) is 12.9. The fourth-order valence-corrected chi connectivity index (χ4v) is 6.17. The van der Waals surface area contributed by atoms with E-state index in [-0.39, 0.29) is 22.1 Å². The molecule has 0 spiro atoms. The van der Waals surface area contributed by atoms with Crippen LogP contribution in [0.1, 0.15) is 58.5 Å². The van der Waals surface area contributed by atoms with Crippen molar-refractivity contribution in [3.8, 4) is 0 Å². The number of likely N-dealkylation sites (tertiary alicyclic amines) is 1. The third-order valence-corrected chi connectivity index (χ3v) is 8.70. The summed E-state index contributed by atoms with van der Waals surface area (Å²) in [6.07, 6.45) is 4.19. The van der Waals surface area contributed by atoms with Crippen molar-refractivity contribution in [1.82, 2.24) is 4.90 Å². The van der Waals surface area contributed by atoms with Crippen LogP contribution in [0.5, 0.6) is 0 Å². The molecule has 4 rings (SSSR count). The third-order valence-electron chi connectivity index (χ3n) is 6.76. The first kappa shape index (κ1) is 23.4. The summed E-state index contributed by atoms with van der Waals surface area (Å²) in [5, 5.41) is 0.674. The lowest BCUT2D eigenvalue weighted by atomic mass is 10.0. The van der Waals surface area contributed by atoms with Gasteiger partial charge in [0.1, 0.15) is 4.90 Å². The van der Waals surface area contributed by atoms with Gasteiger partial charge in [0.05, 0.1) is 5.69 Å². The lowest BCUT2D eigenvalue weighted by Gasteiger charge is -2.22. The third kappa shape index (κ3) is 4.14. The maximum absolute atomic E-state index is 13.8. The van der Waals surface area contributed by atoms with Gasteiger partial charge in [-0.1, -0.05) is 25.0 Å². The van der Waals surface area contributed by atoms with Gasteiger partial charge in [-0.3, -0.25) is 9.10 Å². The molecule has 7 heteroatoms. The molecule has 1 aromatic heterocycles. The van der Waals surface area contributed by atoms with Crippen LogP contribution >= 0.6 is 0 Å². The van der Waals surface area contributed by atoms with Gasteiger partial charge in [0.2, 0.25) is 0 Å². The van der Waals surface area contributed by atoms with Gasteiger partial charge in [-0.2, -0.15) is 0 Å². The van der Waals surface area contributed by atoms with Gasteiger partial charge >= 0.3 is 0 Å². The molecule has 3 aromatic rings. The highest BCUT2D eigenvalue weighted by Gasteiger charge is 2.32. The van der Waals surface area contributed by atoms with E-state index < -0.39 is 10.0 Å². The molecule has 0 unspecified atom stereocenters. The lowest BCUT2D eigenvalue weighted by Crippen LogP contribution is -2.31. The van der Waals surface area contributed by atoms with E-state index in [2.05, 4.69) is 0 Å². The summed E-state index contributed by atoms with van der Waals surface area (Å²) in [7, 11) is -2.38. The fourth-order valence-electron chi connectivity index (χ4n) is 4.57. The maximum Gasteiger partial charge on any atom is 0.289 e. The Morgan fingerprint density at radius 3 is 2.27 bits per heavy atom. The molecule has 2 aromatic carbocycles. The zero-order valence-electron chi connectivity index (χ0n) is 20.1. The second-order valence-corrected chi connectivity index (χ2v) is 11.0. The number of carbonyl (C=O) groups is 1. The molecule has 0 saturated carbocycles. The van der Waals surface area contributed by atoms with Crippen LogP contribution in [0.2, 0.25) is 0 Å². The van der Waals surface area contributed by atoms with E-state index in [1.165, 1.54) is 4.31 Å². The van der Waals surface area contributed by atoms with E-state index in [9.17, 15) is 13.2 Å². The summed E-state index contributed by atoms with van der Waals surface area (Å²) in [5.74, 6) is 0.0860. The normalized spacial score (nSPS) is 15.0. The molecule has 1 fully saturated rings. The zero-order valence-corrected chi connectivity index (χ0v) is 20.9. The first-order valence-electron chi connectivity index (χ1n) is 11.5. The summed E-state index contributed by atoms with van der Waals surface area (Å²) in [6, 6.07) is 9.30. The Bertz CT molecular complexity index is 1320. The quantitative estimate of drug-likeness (QED) is 0.506. The van der Waals surface area contributed by atoms with Crippen molar-refractivity contribution in [3.05, 3.63) is 58.3 Å². The molecule has 1 saturated heterocycles. The van der Waals surface area contributed by atoms with Gasteiger partial charge in [0.25, 0.3) is 15.9 Å². The summed E-state index contributed by atoms with van der Waals surface area (Å²) in [4.78, 5) is 15.3. The highest BCUT2D eigenvalue weighted by Crippen LogP contribution is 2.37. The molecule has 0 radical (unpaired) electrons. The molecule has 0 N–H and O–H groups in total. The van der Waals surface area contributed by atoms with Crippen molar-refractivity contribution >= 4 is 32.6 Å². The van der Waals surface area contributed by atoms with Crippen LogP contribution in [-0.4, -0.2) is 39.4 Å². The standard InChI is InChI=1S/C26H32N2O4S/c1-17-11-10-12-21(15-17)27(5)33(30,31)25-19(3)18(2)16-22-20(4)23(32-24(22)25)26(29)28-13-8-6-7-9-14-28/h10-12,15-16H,6-9,13-14H2,1-5H3. The molecule has 2 heterocycles. The van der Waals surface area contributed by atoms with Crippen molar-refractivity contribution in [1.29, 1.82) is 0 Å². The Morgan fingerprint density at radius 1 is 0.970 bits per heavy atom. The number of amides is 1. The monoisotopic (exact) mass is 468 g/mol. The van der Waals surface area contributed by atoms with Gasteiger partial charge in [-0.15, -0.1) is 0 Å². The van der Waals surface area contributed by atoms with Gasteiger partial charge in [0.15, 0.2) is 11.3 Å². The van der Waals surface area contributed by atoms with Crippen LogP contribution in [0.25, 0.3) is 11.0 Å². The average Bonchev–Trinajstić information content (AvgIpc) is 2.96. The van der Waals surface area contributed by atoms with Crippen LogP contribution in [0.15, 0.2) is 39.6 Å². The Labute approximate surface area is 196 Å². The number of nitrogens with zero attached hydrogens (tertiary/aromatic N) is 2. The minimum atomic E-state index is -3.93. The van der Waals surface area contributed by atoms with E-state index in [4.69, 9.17) is 4.42 Å². The molecule has 6 nitrogen and oxygen atoms in total. The number of benzene rings is 2. The second kappa shape index (κ2) is 8.86. The van der Waals surface area contributed by atoms with Crippen LogP contribution in [-0.2, 0) is 10.0 Å². The minimum absolute atomic E-state index is 0.125. The average molecular weight is 469 g/mol. The van der Waals surface area contributed by atoms with Crippen molar-refractivity contribution in [3.63, 3.8) is 0 Å². The molecular weight excluding hydrogens is 436 g/mol. The number of sulfonamides is 1. The van der Waals surface area contributed by atoms with Crippen LogP contribution < -0.4 is 4.31 Å². The SMILES string of the molecule is Cc1cccc(N(C)S(=O)(=O)c2c(C)c(C)cc3c(C)c(C(=O)N4CCCCCC4)oc23)c1. The molecule has 33 heavy (non-hydrogen) atoms. The molecule has 0 atom stereocenters. The summed E-state index contributed by atoms with van der Waals surface area (Å²) >= 11 is 0. The Hall–Kier alpha value is -2.80. The van der Waals surface area contributed by atoms with Gasteiger partial charge in [0, 0.05) is 31.1 Å². The zero-order chi connectivity index (χ0) is 23.9. The second-order valence-electron chi connectivity index (χ2n) is 9.10. The molecule has 176 valence electrons. The minimum Gasteiger partial charge on any atom is -0.449 e. The van der Waals surface area contributed by atoms with Crippen molar-refractivity contribution in [2.45, 2.75) is 58.3 Å². The van der Waals surface area contributed by atoms with E-state index in [0.29, 0.717) is 35.3 Å². The number of hydrogen-bond donors (Lipinski definition) is 0. The predicted molar refractivity (Wildman–Crippen MR) is 132 cm³/mol. The maximum atomic E-state index is 13.8. The van der Waals surface area contributed by atoms with E-state index in [1.54, 1.807) is 20.0 Å². The van der Waals surface area contributed by atoms with Crippen molar-refractivity contribution in [2.75, 3.05) is 24.4 Å². The van der Waals surface area contributed by atoms with Gasteiger partial charge in [-0.05, 0) is 75.4 Å². The summed E-state index contributed by atoms with van der Waals surface area (Å²) in [5.41, 5.74) is 3.97. The molecule has 0 aliphatic carbocycles. The Kier molecular flexibility index (Phi) is 6.27. The number of furan rings is 1. The smallest absolute Gasteiger partial charge is 0.289 e. The fraction of sp³-hybridized carbons (Fsp3) is 0.423. The van der Waals surface area contributed by atoms with Gasteiger partial charge < -0.3 is 9.32 Å². The molecule has 1 amide bonds. The van der Waals surface area contributed by atoms with E-state index in [1.807, 2.05) is 49.9 Å². The molecule has 1 aliphatic rings. The predicted octanol–water partition coefficient (Wildman–Crippen LogP) is 5.51. The topological polar surface area (TPSA) is 70.8 Å². The highest BCUT2D eigenvalue weighted by atomic mass is 32.2. The molecular formula is C26H32N2O4S. The highest BCUT2D eigenvalue weighted by molar-refractivity contribution is 7.93. The lowest BCUT2D eigenvalue weighted by molar-refractivity contribution is 0.0731. The number of anilines is 1. The number of rotatable bonds is 4. The van der Waals surface area contributed by atoms with E-state index >= 15 is 0 Å². The van der Waals surface area contributed by atoms with Crippen molar-refractivity contribution < 1.29 is 17.6 Å². The number of aryl methyl sites for hydroxylation is 3. The summed E-state index contributed by atoms with van der Waals surface area (Å²) < 4.78 is 35.1. The first-order chi connectivity index (χ1) is 15.6. The number of hydrogen-bond acceptors (Lipinski definition) is 4. The van der Waals surface area contributed by atoms with Crippen LogP contribution in [0.4, 0.5) is 5.69 Å². The number of carbonyl (C=O) groups excluding carboxylic acids is 1. The largest absolute Gasteiger partial charge is 0.449 e. The number of fused-ring (bicyclic) bond motifs is 1. The molecule has 0 bridgehead atoms. The van der Waals surface area contributed by atoms with Crippen LogP contribution in [0.3, 0.4) is 0 Å². The van der Waals surface area contributed by atoms with Crippen LogP contribution in [0, 0.1) is 27.7 Å². The Morgan fingerprint density at radius 2 is 1.64 bits per heavy atom. The summed E-state index contributed by atoms with van der Waals surface area (Å²) in [6.45, 7) is 8.86. The van der Waals surface area contributed by atoms with E-state index in [0.717, 1.165) is 36.8 Å². The van der Waals surface area contributed by atoms with Crippen molar-refractivity contribution in [2.24, 2.45) is 0 Å². The molecule has 1 aliphatic heterocycles.